The summed E-state index contributed by atoms with van der Waals surface area (Å²) in [5.74, 6) is -0.717. The van der Waals surface area contributed by atoms with Crippen LogP contribution in [0.1, 0.15) is 17.7 Å². The molecule has 0 spiro atoms. The highest BCUT2D eigenvalue weighted by Gasteiger charge is 2.63. The van der Waals surface area contributed by atoms with Crippen LogP contribution in [-0.4, -0.2) is 39.8 Å². The van der Waals surface area contributed by atoms with E-state index in [1.165, 1.54) is 31.4 Å². The standard InChI is InChI=1S/C20H14F6N4O2S/c1-32-12-5-2-4-11(8-12)14-10-18(31,20(24,25)26)30(29-14)17-27-13(15-6-3-7-33-15)9-16(28-17)19(21,22)23/h2-9,31H,10H2,1H3/t18-/m1/s1. The Morgan fingerprint density at radius 3 is 2.42 bits per heavy atom. The highest BCUT2D eigenvalue weighted by atomic mass is 32.1. The molecule has 0 saturated heterocycles. The van der Waals surface area contributed by atoms with Crippen LogP contribution in [0.3, 0.4) is 0 Å². The molecule has 0 saturated carbocycles. The Balaban J connectivity index is 1.90. The Labute approximate surface area is 186 Å². The van der Waals surface area contributed by atoms with Crippen LogP contribution in [0.5, 0.6) is 5.75 Å². The minimum absolute atomic E-state index is 0.00580. The maximum Gasteiger partial charge on any atom is 0.438 e. The Morgan fingerprint density at radius 1 is 1.06 bits per heavy atom. The highest BCUT2D eigenvalue weighted by molar-refractivity contribution is 7.13. The molecule has 6 nitrogen and oxygen atoms in total. The van der Waals surface area contributed by atoms with Crippen molar-refractivity contribution in [3.8, 4) is 16.3 Å². The van der Waals surface area contributed by atoms with E-state index in [1.807, 2.05) is 0 Å². The molecule has 0 bridgehead atoms. The molecule has 1 aliphatic rings. The van der Waals surface area contributed by atoms with Gasteiger partial charge in [-0.3, -0.25) is 0 Å². The summed E-state index contributed by atoms with van der Waals surface area (Å²) in [4.78, 5) is 7.42. The predicted molar refractivity (Wildman–Crippen MR) is 108 cm³/mol. The van der Waals surface area contributed by atoms with E-state index in [9.17, 15) is 31.4 Å². The molecule has 174 valence electrons. The largest absolute Gasteiger partial charge is 0.497 e. The van der Waals surface area contributed by atoms with E-state index in [2.05, 4.69) is 15.1 Å². The second-order valence-corrected chi connectivity index (χ2v) is 7.94. The molecule has 0 unspecified atom stereocenters. The number of nitrogens with zero attached hydrogens (tertiary/aromatic N) is 4. The van der Waals surface area contributed by atoms with Crippen molar-refractivity contribution in [3.05, 3.63) is 59.1 Å². The van der Waals surface area contributed by atoms with Crippen LogP contribution in [0.15, 0.2) is 52.9 Å². The quantitative estimate of drug-likeness (QED) is 0.518. The van der Waals surface area contributed by atoms with Gasteiger partial charge in [-0.25, -0.2) is 9.97 Å². The smallest absolute Gasteiger partial charge is 0.438 e. The summed E-state index contributed by atoms with van der Waals surface area (Å²) in [6.45, 7) is 0. The van der Waals surface area contributed by atoms with Crippen LogP contribution in [0.25, 0.3) is 10.6 Å². The molecular formula is C20H14F6N4O2S. The second-order valence-electron chi connectivity index (χ2n) is 7.00. The van der Waals surface area contributed by atoms with Crippen molar-refractivity contribution in [1.82, 2.24) is 9.97 Å². The van der Waals surface area contributed by atoms with E-state index >= 15 is 0 Å². The maximum absolute atomic E-state index is 14.0. The summed E-state index contributed by atoms with van der Waals surface area (Å²) in [5, 5.41) is 16.0. The van der Waals surface area contributed by atoms with Gasteiger partial charge < -0.3 is 9.84 Å². The number of aliphatic hydroxyl groups is 1. The SMILES string of the molecule is COc1cccc(C2=NN(c3nc(-c4cccs4)cc(C(F)(F)F)n3)[C@](O)(C(F)(F)F)C2)c1. The predicted octanol–water partition coefficient (Wildman–Crippen LogP) is 5.10. The van der Waals surface area contributed by atoms with E-state index in [0.29, 0.717) is 11.8 Å². The van der Waals surface area contributed by atoms with Crippen LogP contribution in [0.4, 0.5) is 32.3 Å². The molecule has 0 aliphatic carbocycles. The minimum atomic E-state index is -5.29. The summed E-state index contributed by atoms with van der Waals surface area (Å²) in [6, 6.07) is 9.52. The first-order chi connectivity index (χ1) is 15.4. The minimum Gasteiger partial charge on any atom is -0.497 e. The number of hydrogen-bond acceptors (Lipinski definition) is 7. The lowest BCUT2D eigenvalue weighted by atomic mass is 10.0. The zero-order chi connectivity index (χ0) is 24.0. The number of aromatic nitrogens is 2. The second kappa shape index (κ2) is 7.99. The number of anilines is 1. The molecule has 0 fully saturated rings. The Kier molecular flexibility index (Phi) is 5.56. The summed E-state index contributed by atoms with van der Waals surface area (Å²) >= 11 is 1.04. The lowest BCUT2D eigenvalue weighted by Gasteiger charge is -2.32. The first-order valence-corrected chi connectivity index (χ1v) is 10.1. The lowest BCUT2D eigenvalue weighted by molar-refractivity contribution is -0.254. The molecule has 1 N–H and O–H groups in total. The zero-order valence-corrected chi connectivity index (χ0v) is 17.5. The van der Waals surface area contributed by atoms with Crippen LogP contribution in [-0.2, 0) is 6.18 Å². The fraction of sp³-hybridized carbons (Fsp3) is 0.250. The molecule has 1 atom stereocenters. The van der Waals surface area contributed by atoms with Crippen molar-refractivity contribution >= 4 is 23.0 Å². The van der Waals surface area contributed by atoms with Crippen molar-refractivity contribution in [1.29, 1.82) is 0 Å². The number of rotatable bonds is 4. The third-order valence-electron chi connectivity index (χ3n) is 4.81. The first kappa shape index (κ1) is 23.0. The van der Waals surface area contributed by atoms with Gasteiger partial charge >= 0.3 is 12.4 Å². The normalized spacial score (nSPS) is 19.0. The van der Waals surface area contributed by atoms with Gasteiger partial charge in [0, 0.05) is 5.56 Å². The lowest BCUT2D eigenvalue weighted by Crippen LogP contribution is -2.55. The molecule has 4 rings (SSSR count). The van der Waals surface area contributed by atoms with Crippen LogP contribution in [0.2, 0.25) is 0 Å². The molecule has 3 heterocycles. The van der Waals surface area contributed by atoms with Gasteiger partial charge in [0.05, 0.1) is 29.8 Å². The average molecular weight is 488 g/mol. The maximum atomic E-state index is 14.0. The van der Waals surface area contributed by atoms with Crippen molar-refractivity contribution in [2.45, 2.75) is 24.5 Å². The molecule has 33 heavy (non-hydrogen) atoms. The van der Waals surface area contributed by atoms with Crippen molar-refractivity contribution in [2.75, 3.05) is 12.1 Å². The number of ether oxygens (including phenoxy) is 1. The van der Waals surface area contributed by atoms with Crippen LogP contribution in [0, 0.1) is 0 Å². The number of benzene rings is 1. The van der Waals surface area contributed by atoms with Gasteiger partial charge in [0.1, 0.15) is 5.75 Å². The van der Waals surface area contributed by atoms with E-state index in [0.717, 1.165) is 11.3 Å². The number of hydrogen-bond donors (Lipinski definition) is 1. The Hall–Kier alpha value is -3.19. The Morgan fingerprint density at radius 2 is 1.82 bits per heavy atom. The van der Waals surface area contributed by atoms with Gasteiger partial charge in [-0.2, -0.15) is 36.5 Å². The van der Waals surface area contributed by atoms with E-state index in [-0.39, 0.29) is 26.9 Å². The Bertz CT molecular complexity index is 1200. The summed E-state index contributed by atoms with van der Waals surface area (Å²) < 4.78 is 87.4. The molecule has 1 aromatic carbocycles. The van der Waals surface area contributed by atoms with Crippen molar-refractivity contribution in [3.63, 3.8) is 0 Å². The van der Waals surface area contributed by atoms with E-state index in [4.69, 9.17) is 4.74 Å². The molecular weight excluding hydrogens is 474 g/mol. The van der Waals surface area contributed by atoms with Crippen LogP contribution >= 0.6 is 11.3 Å². The summed E-state index contributed by atoms with van der Waals surface area (Å²) in [7, 11) is 1.36. The monoisotopic (exact) mass is 488 g/mol. The summed E-state index contributed by atoms with van der Waals surface area (Å²) in [5.41, 5.74) is -5.43. The van der Waals surface area contributed by atoms with E-state index in [1.54, 1.807) is 17.5 Å². The van der Waals surface area contributed by atoms with Gasteiger partial charge in [-0.15, -0.1) is 11.3 Å². The molecule has 2 aromatic heterocycles. The summed E-state index contributed by atoms with van der Waals surface area (Å²) in [6.07, 6.45) is -11.3. The third-order valence-corrected chi connectivity index (χ3v) is 5.70. The van der Waals surface area contributed by atoms with Gasteiger partial charge in [0.25, 0.3) is 5.72 Å². The van der Waals surface area contributed by atoms with Gasteiger partial charge in [-0.1, -0.05) is 18.2 Å². The highest BCUT2D eigenvalue weighted by Crippen LogP contribution is 2.44. The molecule has 0 amide bonds. The molecule has 13 heteroatoms. The molecule has 3 aromatic rings. The average Bonchev–Trinajstić information content (AvgIpc) is 3.41. The van der Waals surface area contributed by atoms with Crippen LogP contribution < -0.4 is 9.75 Å². The van der Waals surface area contributed by atoms with Crippen molar-refractivity contribution in [2.24, 2.45) is 5.10 Å². The molecule has 0 radical (unpaired) electrons. The van der Waals surface area contributed by atoms with Gasteiger partial charge in [-0.05, 0) is 29.6 Å². The van der Waals surface area contributed by atoms with Gasteiger partial charge in [0.15, 0.2) is 5.69 Å². The number of hydrazone groups is 1. The van der Waals surface area contributed by atoms with E-state index < -0.39 is 36.1 Å². The topological polar surface area (TPSA) is 70.8 Å². The number of halogens is 6. The third kappa shape index (κ3) is 4.25. The zero-order valence-electron chi connectivity index (χ0n) is 16.6. The first-order valence-electron chi connectivity index (χ1n) is 9.24. The number of thiophene rings is 1. The molecule has 1 aliphatic heterocycles. The van der Waals surface area contributed by atoms with Crippen molar-refractivity contribution < 1.29 is 36.2 Å². The number of methoxy groups -OCH3 is 1. The van der Waals surface area contributed by atoms with Gasteiger partial charge in [0.2, 0.25) is 5.95 Å². The fourth-order valence-electron chi connectivity index (χ4n) is 3.16. The number of alkyl halides is 6. The fourth-order valence-corrected chi connectivity index (χ4v) is 3.85.